The Labute approximate surface area is 99.9 Å². The zero-order valence-corrected chi connectivity index (χ0v) is 9.95. The monoisotopic (exact) mass is 254 g/mol. The van der Waals surface area contributed by atoms with Crippen LogP contribution in [-0.4, -0.2) is 19.2 Å². The van der Waals surface area contributed by atoms with Crippen molar-refractivity contribution in [3.8, 4) is 0 Å². The number of nitrogen functional groups attached to an aromatic ring is 1. The highest BCUT2D eigenvalue weighted by molar-refractivity contribution is 7.84. The summed E-state index contributed by atoms with van der Waals surface area (Å²) in [4.78, 5) is 0.288. The number of hydrogen-bond donors (Lipinski definition) is 1. The Morgan fingerprint density at radius 3 is 2.94 bits per heavy atom. The van der Waals surface area contributed by atoms with Crippen molar-refractivity contribution in [3.63, 3.8) is 0 Å². The van der Waals surface area contributed by atoms with E-state index in [9.17, 15) is 8.60 Å². The first-order chi connectivity index (χ1) is 8.06. The molecule has 2 rings (SSSR count). The predicted molar refractivity (Wildman–Crippen MR) is 61.9 cm³/mol. The fraction of sp³-hybridized carbons (Fsp3) is 0.200. The average molecular weight is 254 g/mol. The van der Waals surface area contributed by atoms with E-state index < -0.39 is 16.6 Å². The maximum absolute atomic E-state index is 13.0. The molecule has 0 amide bonds. The molecule has 17 heavy (non-hydrogen) atoms. The summed E-state index contributed by atoms with van der Waals surface area (Å²) < 4.78 is 26.5. The normalized spacial score (nSPS) is 12.6. The molecule has 1 aromatic carbocycles. The van der Waals surface area contributed by atoms with Crippen molar-refractivity contribution in [2.75, 3.05) is 5.73 Å². The first kappa shape index (κ1) is 11.7. The lowest BCUT2D eigenvalue weighted by atomic mass is 10.3. The summed E-state index contributed by atoms with van der Waals surface area (Å²) in [6, 6.07) is 3.82. The maximum Gasteiger partial charge on any atom is 0.124 e. The van der Waals surface area contributed by atoms with Crippen LogP contribution in [0.3, 0.4) is 0 Å². The van der Waals surface area contributed by atoms with E-state index in [1.165, 1.54) is 22.9 Å². The van der Waals surface area contributed by atoms with E-state index in [4.69, 9.17) is 5.73 Å². The maximum atomic E-state index is 13.0. The second-order valence-corrected chi connectivity index (χ2v) is 4.98. The van der Waals surface area contributed by atoms with Gasteiger partial charge in [-0.15, -0.1) is 5.10 Å². The van der Waals surface area contributed by atoms with E-state index in [2.05, 4.69) is 10.3 Å². The van der Waals surface area contributed by atoms with Gasteiger partial charge in [0.1, 0.15) is 5.82 Å². The molecule has 5 nitrogen and oxygen atoms in total. The highest BCUT2D eigenvalue weighted by Crippen LogP contribution is 2.19. The molecule has 0 bridgehead atoms. The fourth-order valence-corrected chi connectivity index (χ4v) is 2.51. The molecular formula is C10H11FN4OS. The summed E-state index contributed by atoms with van der Waals surface area (Å²) in [5.41, 5.74) is 6.54. The molecule has 0 aliphatic heterocycles. The van der Waals surface area contributed by atoms with Gasteiger partial charge in [-0.05, 0) is 18.2 Å². The van der Waals surface area contributed by atoms with Crippen LogP contribution < -0.4 is 5.73 Å². The smallest absolute Gasteiger partial charge is 0.124 e. The third-order valence-electron chi connectivity index (χ3n) is 2.15. The number of hydrogen-bond acceptors (Lipinski definition) is 4. The number of benzene rings is 1. The minimum absolute atomic E-state index is 0.168. The minimum atomic E-state index is -1.42. The highest BCUT2D eigenvalue weighted by atomic mass is 32.2. The Morgan fingerprint density at radius 2 is 2.29 bits per heavy atom. The summed E-state index contributed by atoms with van der Waals surface area (Å²) in [5.74, 6) is -0.289. The topological polar surface area (TPSA) is 73.8 Å². The van der Waals surface area contributed by atoms with Gasteiger partial charge in [-0.1, -0.05) is 5.21 Å². The molecule has 90 valence electrons. The SMILES string of the molecule is Cn1cc(CS(=O)c2cc(F)ccc2N)nn1. The molecule has 1 aromatic heterocycles. The first-order valence-corrected chi connectivity index (χ1v) is 6.17. The van der Waals surface area contributed by atoms with Crippen LogP contribution in [0.4, 0.5) is 10.1 Å². The number of aromatic nitrogens is 3. The second-order valence-electron chi connectivity index (χ2n) is 3.56. The van der Waals surface area contributed by atoms with E-state index in [0.717, 1.165) is 0 Å². The van der Waals surface area contributed by atoms with E-state index in [1.807, 2.05) is 0 Å². The predicted octanol–water partition coefficient (Wildman–Crippen LogP) is 0.844. The van der Waals surface area contributed by atoms with Crippen molar-refractivity contribution >= 4 is 16.5 Å². The number of anilines is 1. The lowest BCUT2D eigenvalue weighted by Crippen LogP contribution is -2.02. The van der Waals surface area contributed by atoms with Crippen molar-refractivity contribution in [3.05, 3.63) is 35.9 Å². The molecule has 2 aromatic rings. The minimum Gasteiger partial charge on any atom is -0.398 e. The van der Waals surface area contributed by atoms with Gasteiger partial charge in [-0.2, -0.15) is 0 Å². The van der Waals surface area contributed by atoms with Crippen LogP contribution in [0.15, 0.2) is 29.3 Å². The van der Waals surface area contributed by atoms with Gasteiger partial charge in [0.25, 0.3) is 0 Å². The fourth-order valence-electron chi connectivity index (χ4n) is 1.38. The van der Waals surface area contributed by atoms with Crippen LogP contribution in [0.1, 0.15) is 5.69 Å². The quantitative estimate of drug-likeness (QED) is 0.824. The number of rotatable bonds is 3. The van der Waals surface area contributed by atoms with Crippen molar-refractivity contribution in [2.24, 2.45) is 7.05 Å². The van der Waals surface area contributed by atoms with Crippen molar-refractivity contribution < 1.29 is 8.60 Å². The Hall–Kier alpha value is -1.76. The summed E-state index contributed by atoms with van der Waals surface area (Å²) >= 11 is 0. The second kappa shape index (κ2) is 4.62. The highest BCUT2D eigenvalue weighted by Gasteiger charge is 2.12. The molecule has 0 aliphatic carbocycles. The van der Waals surface area contributed by atoms with E-state index >= 15 is 0 Å². The van der Waals surface area contributed by atoms with Gasteiger partial charge in [-0.25, -0.2) is 4.39 Å². The molecule has 1 unspecified atom stereocenters. The van der Waals surface area contributed by atoms with Gasteiger partial charge in [0.05, 0.1) is 27.1 Å². The zero-order chi connectivity index (χ0) is 12.4. The molecule has 0 fully saturated rings. The molecule has 0 saturated carbocycles. The van der Waals surface area contributed by atoms with Gasteiger partial charge in [0, 0.05) is 18.9 Å². The Morgan fingerprint density at radius 1 is 1.53 bits per heavy atom. The number of nitrogens with two attached hydrogens (primary N) is 1. The van der Waals surface area contributed by atoms with E-state index in [1.54, 1.807) is 13.2 Å². The molecular weight excluding hydrogens is 243 g/mol. The standard InChI is InChI=1S/C10H11FN4OS/c1-15-5-8(13-14-15)6-17(16)10-4-7(11)2-3-9(10)12/h2-5H,6,12H2,1H3. The van der Waals surface area contributed by atoms with Gasteiger partial charge < -0.3 is 5.73 Å². The first-order valence-electron chi connectivity index (χ1n) is 4.85. The molecule has 0 radical (unpaired) electrons. The third kappa shape index (κ3) is 2.68. The Kier molecular flexibility index (Phi) is 3.19. The zero-order valence-electron chi connectivity index (χ0n) is 9.13. The van der Waals surface area contributed by atoms with Crippen LogP contribution in [0, 0.1) is 5.82 Å². The van der Waals surface area contributed by atoms with Crippen LogP contribution >= 0.6 is 0 Å². The van der Waals surface area contributed by atoms with E-state index in [-0.39, 0.29) is 10.6 Å². The summed E-state index contributed by atoms with van der Waals surface area (Å²) in [6.07, 6.45) is 1.66. The molecule has 0 spiro atoms. The Bertz CT molecular complexity index is 569. The lowest BCUT2D eigenvalue weighted by Gasteiger charge is -2.04. The van der Waals surface area contributed by atoms with Gasteiger partial charge in [-0.3, -0.25) is 8.89 Å². The molecule has 1 heterocycles. The number of nitrogens with zero attached hydrogens (tertiary/aromatic N) is 3. The van der Waals surface area contributed by atoms with Gasteiger partial charge in [0.15, 0.2) is 0 Å². The van der Waals surface area contributed by atoms with Crippen molar-refractivity contribution in [1.82, 2.24) is 15.0 Å². The van der Waals surface area contributed by atoms with E-state index in [0.29, 0.717) is 11.4 Å². The number of halogens is 1. The molecule has 1 atom stereocenters. The van der Waals surface area contributed by atoms with Crippen LogP contribution in [-0.2, 0) is 23.6 Å². The van der Waals surface area contributed by atoms with Crippen LogP contribution in [0.5, 0.6) is 0 Å². The largest absolute Gasteiger partial charge is 0.398 e. The van der Waals surface area contributed by atoms with Crippen LogP contribution in [0.25, 0.3) is 0 Å². The summed E-state index contributed by atoms with van der Waals surface area (Å²) in [7, 11) is 0.294. The van der Waals surface area contributed by atoms with Gasteiger partial charge >= 0.3 is 0 Å². The van der Waals surface area contributed by atoms with Gasteiger partial charge in [0.2, 0.25) is 0 Å². The van der Waals surface area contributed by atoms with Crippen molar-refractivity contribution in [2.45, 2.75) is 10.6 Å². The number of aryl methyl sites for hydroxylation is 1. The summed E-state index contributed by atoms with van der Waals surface area (Å²) in [5, 5.41) is 7.55. The lowest BCUT2D eigenvalue weighted by molar-refractivity contribution is 0.623. The van der Waals surface area contributed by atoms with Crippen LogP contribution in [0.2, 0.25) is 0 Å². The molecule has 0 saturated heterocycles. The van der Waals surface area contributed by atoms with Crippen molar-refractivity contribution in [1.29, 1.82) is 0 Å². The average Bonchev–Trinajstić information content (AvgIpc) is 2.67. The molecule has 0 aliphatic rings. The third-order valence-corrected chi connectivity index (χ3v) is 3.55. The summed E-state index contributed by atoms with van der Waals surface area (Å²) in [6.45, 7) is 0. The Balaban J connectivity index is 2.22. The molecule has 2 N–H and O–H groups in total. The molecule has 7 heteroatoms.